The summed E-state index contributed by atoms with van der Waals surface area (Å²) in [5.41, 5.74) is 8.01. The molecule has 0 aliphatic carbocycles. The number of benzene rings is 1. The lowest BCUT2D eigenvalue weighted by Crippen LogP contribution is -2.15. The number of hydrogen-bond acceptors (Lipinski definition) is 3. The van der Waals surface area contributed by atoms with Crippen LogP contribution in [-0.4, -0.2) is 6.54 Å². The zero-order valence-corrected chi connectivity index (χ0v) is 10.8. The maximum atomic E-state index is 5.89. The average Bonchev–Trinajstić information content (AvgIpc) is 2.77. The monoisotopic (exact) mass is 244 g/mol. The van der Waals surface area contributed by atoms with Gasteiger partial charge in [-0.3, -0.25) is 0 Å². The molecule has 96 valence electrons. The zero-order valence-electron chi connectivity index (χ0n) is 10.8. The molecule has 0 unspecified atom stereocenters. The highest BCUT2D eigenvalue weighted by Crippen LogP contribution is 2.12. The van der Waals surface area contributed by atoms with Crippen molar-refractivity contribution in [2.45, 2.75) is 26.3 Å². The smallest absolute Gasteiger partial charge is 0.117 e. The molecule has 1 aromatic carbocycles. The topological polar surface area (TPSA) is 51.2 Å². The number of rotatable bonds is 6. The summed E-state index contributed by atoms with van der Waals surface area (Å²) in [5.74, 6) is 1.95. The van der Waals surface area contributed by atoms with Gasteiger partial charge >= 0.3 is 0 Å². The standard InChI is InChI=1S/C15H20N2O/c1-12-8-9-14(18-12)11-17-10-4-6-13-5-2-3-7-15(13)16/h2-3,5,7-9,17H,4,6,10-11,16H2,1H3. The molecule has 0 radical (unpaired) electrons. The number of furan rings is 1. The Bertz CT molecular complexity index is 491. The van der Waals surface area contributed by atoms with Crippen LogP contribution in [0.3, 0.4) is 0 Å². The second-order valence-electron chi connectivity index (χ2n) is 4.49. The van der Waals surface area contributed by atoms with E-state index in [4.69, 9.17) is 10.2 Å². The van der Waals surface area contributed by atoms with Crippen LogP contribution >= 0.6 is 0 Å². The number of nitrogens with two attached hydrogens (primary N) is 1. The van der Waals surface area contributed by atoms with Gasteiger partial charge in [0.2, 0.25) is 0 Å². The highest BCUT2D eigenvalue weighted by atomic mass is 16.3. The Labute approximate surface area is 108 Å². The zero-order chi connectivity index (χ0) is 12.8. The maximum Gasteiger partial charge on any atom is 0.117 e. The van der Waals surface area contributed by atoms with Crippen LogP contribution in [0.25, 0.3) is 0 Å². The summed E-state index contributed by atoms with van der Waals surface area (Å²) in [4.78, 5) is 0. The van der Waals surface area contributed by atoms with Gasteiger partial charge in [-0.2, -0.15) is 0 Å². The quantitative estimate of drug-likeness (QED) is 0.607. The van der Waals surface area contributed by atoms with Crippen molar-refractivity contribution in [2.24, 2.45) is 0 Å². The van der Waals surface area contributed by atoms with Crippen molar-refractivity contribution in [1.29, 1.82) is 0 Å². The Morgan fingerprint density at radius 2 is 2.00 bits per heavy atom. The summed E-state index contributed by atoms with van der Waals surface area (Å²) in [7, 11) is 0. The number of nitrogen functional groups attached to an aromatic ring is 1. The molecule has 0 fully saturated rings. The molecule has 0 amide bonds. The van der Waals surface area contributed by atoms with Gasteiger partial charge in [-0.05, 0) is 50.1 Å². The summed E-state index contributed by atoms with van der Waals surface area (Å²) < 4.78 is 5.48. The maximum absolute atomic E-state index is 5.89. The Balaban J connectivity index is 1.66. The summed E-state index contributed by atoms with van der Waals surface area (Å²) in [6.07, 6.45) is 2.09. The fourth-order valence-corrected chi connectivity index (χ4v) is 1.96. The van der Waals surface area contributed by atoms with Gasteiger partial charge in [-0.1, -0.05) is 18.2 Å². The average molecular weight is 244 g/mol. The van der Waals surface area contributed by atoms with Crippen molar-refractivity contribution >= 4 is 5.69 Å². The first-order chi connectivity index (χ1) is 8.75. The Hall–Kier alpha value is -1.74. The fourth-order valence-electron chi connectivity index (χ4n) is 1.96. The molecule has 3 heteroatoms. The highest BCUT2D eigenvalue weighted by molar-refractivity contribution is 5.46. The van der Waals surface area contributed by atoms with Gasteiger partial charge in [-0.25, -0.2) is 0 Å². The van der Waals surface area contributed by atoms with Crippen LogP contribution in [0.4, 0.5) is 5.69 Å². The van der Waals surface area contributed by atoms with E-state index in [0.717, 1.165) is 43.1 Å². The third kappa shape index (κ3) is 3.64. The molecule has 18 heavy (non-hydrogen) atoms. The SMILES string of the molecule is Cc1ccc(CNCCCc2ccccc2N)o1. The third-order valence-electron chi connectivity index (χ3n) is 2.95. The minimum absolute atomic E-state index is 0.790. The van der Waals surface area contributed by atoms with Gasteiger partial charge < -0.3 is 15.5 Å². The van der Waals surface area contributed by atoms with Crippen molar-refractivity contribution in [3.05, 3.63) is 53.5 Å². The van der Waals surface area contributed by atoms with E-state index in [0.29, 0.717) is 0 Å². The van der Waals surface area contributed by atoms with Crippen molar-refractivity contribution < 1.29 is 4.42 Å². The molecule has 1 heterocycles. The summed E-state index contributed by atoms with van der Waals surface area (Å²) in [6, 6.07) is 12.0. The molecular weight excluding hydrogens is 224 g/mol. The van der Waals surface area contributed by atoms with Crippen LogP contribution in [0.15, 0.2) is 40.8 Å². The summed E-state index contributed by atoms with van der Waals surface area (Å²) >= 11 is 0. The molecule has 0 bridgehead atoms. The number of aryl methyl sites for hydroxylation is 2. The molecule has 3 nitrogen and oxygen atoms in total. The second kappa shape index (κ2) is 6.26. The summed E-state index contributed by atoms with van der Waals surface area (Å²) in [5, 5.41) is 3.37. The lowest BCUT2D eigenvalue weighted by molar-refractivity contribution is 0.460. The first kappa shape index (κ1) is 12.7. The van der Waals surface area contributed by atoms with E-state index >= 15 is 0 Å². The molecule has 2 aromatic rings. The van der Waals surface area contributed by atoms with E-state index in [2.05, 4.69) is 11.4 Å². The van der Waals surface area contributed by atoms with Crippen molar-refractivity contribution in [1.82, 2.24) is 5.32 Å². The van der Waals surface area contributed by atoms with E-state index in [-0.39, 0.29) is 0 Å². The lowest BCUT2D eigenvalue weighted by atomic mass is 10.1. The fraction of sp³-hybridized carbons (Fsp3) is 0.333. The summed E-state index contributed by atoms with van der Waals surface area (Å²) in [6.45, 7) is 3.72. The Morgan fingerprint density at radius 1 is 1.17 bits per heavy atom. The molecule has 0 spiro atoms. The number of nitrogens with one attached hydrogen (secondary N) is 1. The van der Waals surface area contributed by atoms with Crippen LogP contribution in [0.2, 0.25) is 0 Å². The molecule has 0 atom stereocenters. The van der Waals surface area contributed by atoms with Crippen LogP contribution in [0, 0.1) is 6.92 Å². The van der Waals surface area contributed by atoms with E-state index in [1.807, 2.05) is 37.3 Å². The van der Waals surface area contributed by atoms with Crippen molar-refractivity contribution in [3.8, 4) is 0 Å². The molecule has 1 aromatic heterocycles. The molecule has 0 aliphatic rings. The van der Waals surface area contributed by atoms with Gasteiger partial charge in [0.15, 0.2) is 0 Å². The molecular formula is C15H20N2O. The minimum atomic E-state index is 0.790. The van der Waals surface area contributed by atoms with Crippen LogP contribution in [-0.2, 0) is 13.0 Å². The predicted molar refractivity (Wildman–Crippen MR) is 74.3 cm³/mol. The predicted octanol–water partition coefficient (Wildman–Crippen LogP) is 2.89. The van der Waals surface area contributed by atoms with Gasteiger partial charge in [0.05, 0.1) is 6.54 Å². The molecule has 2 rings (SSSR count). The lowest BCUT2D eigenvalue weighted by Gasteiger charge is -2.05. The van der Waals surface area contributed by atoms with Gasteiger partial charge in [0.1, 0.15) is 11.5 Å². The first-order valence-corrected chi connectivity index (χ1v) is 6.35. The number of hydrogen-bond donors (Lipinski definition) is 2. The van der Waals surface area contributed by atoms with E-state index in [1.165, 1.54) is 5.56 Å². The van der Waals surface area contributed by atoms with Gasteiger partial charge in [-0.15, -0.1) is 0 Å². The van der Waals surface area contributed by atoms with Crippen LogP contribution < -0.4 is 11.1 Å². The highest BCUT2D eigenvalue weighted by Gasteiger charge is 1.99. The van der Waals surface area contributed by atoms with Gasteiger partial charge in [0, 0.05) is 5.69 Å². The number of anilines is 1. The minimum Gasteiger partial charge on any atom is -0.465 e. The van der Waals surface area contributed by atoms with E-state index in [1.54, 1.807) is 0 Å². The molecule has 0 saturated carbocycles. The Morgan fingerprint density at radius 3 is 2.72 bits per heavy atom. The van der Waals surface area contributed by atoms with Crippen LogP contribution in [0.1, 0.15) is 23.5 Å². The van der Waals surface area contributed by atoms with Crippen molar-refractivity contribution in [2.75, 3.05) is 12.3 Å². The van der Waals surface area contributed by atoms with E-state index in [9.17, 15) is 0 Å². The largest absolute Gasteiger partial charge is 0.465 e. The Kier molecular flexibility index (Phi) is 4.42. The normalized spacial score (nSPS) is 10.7. The number of para-hydroxylation sites is 1. The second-order valence-corrected chi connectivity index (χ2v) is 4.49. The van der Waals surface area contributed by atoms with Crippen LogP contribution in [0.5, 0.6) is 0 Å². The third-order valence-corrected chi connectivity index (χ3v) is 2.95. The molecule has 0 saturated heterocycles. The van der Waals surface area contributed by atoms with Gasteiger partial charge in [0.25, 0.3) is 0 Å². The first-order valence-electron chi connectivity index (χ1n) is 6.35. The molecule has 3 N–H and O–H groups in total. The van der Waals surface area contributed by atoms with E-state index < -0.39 is 0 Å². The molecule has 0 aliphatic heterocycles. The van der Waals surface area contributed by atoms with Crippen molar-refractivity contribution in [3.63, 3.8) is 0 Å².